The summed E-state index contributed by atoms with van der Waals surface area (Å²) in [7, 11) is 0. The summed E-state index contributed by atoms with van der Waals surface area (Å²) in [6.07, 6.45) is 2.43. The Morgan fingerprint density at radius 2 is 1.68 bits per heavy atom. The molecule has 120 valence electrons. The van der Waals surface area contributed by atoms with Crippen LogP contribution in [-0.4, -0.2) is 24.5 Å². The summed E-state index contributed by atoms with van der Waals surface area (Å²) in [5, 5.41) is 0. The van der Waals surface area contributed by atoms with Crippen molar-refractivity contribution in [2.75, 3.05) is 6.61 Å². The van der Waals surface area contributed by atoms with Gasteiger partial charge in [0.15, 0.2) is 0 Å². The molecule has 0 fully saturated rings. The monoisotopic (exact) mass is 306 g/mol. The van der Waals surface area contributed by atoms with E-state index < -0.39 is 17.9 Å². The van der Waals surface area contributed by atoms with Crippen molar-refractivity contribution in [3.63, 3.8) is 0 Å². The third-order valence-corrected chi connectivity index (χ3v) is 3.00. The molecule has 0 aromatic heterocycles. The molecular weight excluding hydrogens is 284 g/mol. The van der Waals surface area contributed by atoms with E-state index in [4.69, 9.17) is 9.47 Å². The van der Waals surface area contributed by atoms with E-state index in [-0.39, 0.29) is 24.2 Å². The summed E-state index contributed by atoms with van der Waals surface area (Å²) in [6.45, 7) is 5.73. The van der Waals surface area contributed by atoms with Crippen LogP contribution in [0.1, 0.15) is 66.3 Å². The van der Waals surface area contributed by atoms with Crippen molar-refractivity contribution in [1.82, 2.24) is 0 Å². The minimum atomic E-state index is -0.806. The number of aryl methyl sites for hydroxylation is 1. The maximum atomic E-state index is 12.2. The van der Waals surface area contributed by atoms with E-state index in [1.807, 2.05) is 13.8 Å². The van der Waals surface area contributed by atoms with Gasteiger partial charge in [0, 0.05) is 6.42 Å². The van der Waals surface area contributed by atoms with Gasteiger partial charge in [0.05, 0.1) is 17.7 Å². The molecule has 5 nitrogen and oxygen atoms in total. The van der Waals surface area contributed by atoms with Crippen molar-refractivity contribution in [1.29, 1.82) is 0 Å². The van der Waals surface area contributed by atoms with E-state index in [2.05, 4.69) is 0 Å². The van der Waals surface area contributed by atoms with Crippen molar-refractivity contribution < 1.29 is 23.9 Å². The lowest BCUT2D eigenvalue weighted by atomic mass is 10.0. The third-order valence-electron chi connectivity index (χ3n) is 3.00. The van der Waals surface area contributed by atoms with Gasteiger partial charge in [0.25, 0.3) is 0 Å². The van der Waals surface area contributed by atoms with Gasteiger partial charge < -0.3 is 9.47 Å². The van der Waals surface area contributed by atoms with Crippen molar-refractivity contribution in [3.8, 4) is 0 Å². The second-order valence-corrected chi connectivity index (χ2v) is 4.86. The quantitative estimate of drug-likeness (QED) is 0.571. The Hall–Kier alpha value is -2.17. The SMILES string of the molecule is CCCC(=O)OC(=O)c1cc(CCC)ccc1C(=O)OCC. The standard InChI is InChI=1S/C17H22O5/c1-4-7-12-9-10-13(16(19)21-6-3)14(11-12)17(20)22-15(18)8-5-2/h9-11H,4-8H2,1-3H3. The Morgan fingerprint density at radius 3 is 2.27 bits per heavy atom. The van der Waals surface area contributed by atoms with Crippen LogP contribution in [0.4, 0.5) is 0 Å². The first-order chi connectivity index (χ1) is 10.5. The van der Waals surface area contributed by atoms with Crippen LogP contribution in [0.15, 0.2) is 18.2 Å². The Kier molecular flexibility index (Phi) is 7.29. The zero-order chi connectivity index (χ0) is 16.5. The molecule has 0 aliphatic rings. The second-order valence-electron chi connectivity index (χ2n) is 4.86. The highest BCUT2D eigenvalue weighted by atomic mass is 16.6. The first-order valence-electron chi connectivity index (χ1n) is 7.58. The summed E-state index contributed by atoms with van der Waals surface area (Å²) in [5.41, 5.74) is 1.11. The van der Waals surface area contributed by atoms with E-state index in [0.717, 1.165) is 18.4 Å². The molecule has 0 saturated carbocycles. The number of benzene rings is 1. The summed E-state index contributed by atoms with van der Waals surface area (Å²) < 4.78 is 9.73. The molecule has 22 heavy (non-hydrogen) atoms. The highest BCUT2D eigenvalue weighted by Gasteiger charge is 2.21. The predicted octanol–water partition coefficient (Wildman–Crippen LogP) is 3.30. The van der Waals surface area contributed by atoms with Gasteiger partial charge >= 0.3 is 17.9 Å². The Labute approximate surface area is 130 Å². The minimum Gasteiger partial charge on any atom is -0.462 e. The lowest BCUT2D eigenvalue weighted by Crippen LogP contribution is -2.17. The molecule has 0 spiro atoms. The van der Waals surface area contributed by atoms with E-state index in [9.17, 15) is 14.4 Å². The van der Waals surface area contributed by atoms with Gasteiger partial charge in [0.2, 0.25) is 0 Å². The highest BCUT2D eigenvalue weighted by Crippen LogP contribution is 2.17. The number of ether oxygens (including phenoxy) is 2. The van der Waals surface area contributed by atoms with Gasteiger partial charge in [-0.25, -0.2) is 9.59 Å². The van der Waals surface area contributed by atoms with Gasteiger partial charge in [-0.2, -0.15) is 0 Å². The van der Waals surface area contributed by atoms with Crippen LogP contribution in [0.2, 0.25) is 0 Å². The van der Waals surface area contributed by atoms with Gasteiger partial charge in [-0.05, 0) is 37.5 Å². The molecule has 0 saturated heterocycles. The van der Waals surface area contributed by atoms with Crippen LogP contribution in [-0.2, 0) is 20.7 Å². The predicted molar refractivity (Wildman–Crippen MR) is 81.7 cm³/mol. The van der Waals surface area contributed by atoms with Gasteiger partial charge in [-0.1, -0.05) is 26.3 Å². The molecule has 1 rings (SSSR count). The summed E-state index contributed by atoms with van der Waals surface area (Å²) in [6, 6.07) is 4.92. The summed E-state index contributed by atoms with van der Waals surface area (Å²) >= 11 is 0. The van der Waals surface area contributed by atoms with Crippen LogP contribution >= 0.6 is 0 Å². The number of carbonyl (C=O) groups is 3. The molecule has 0 aliphatic carbocycles. The number of hydrogen-bond acceptors (Lipinski definition) is 5. The molecule has 0 amide bonds. The van der Waals surface area contributed by atoms with E-state index >= 15 is 0 Å². The topological polar surface area (TPSA) is 69.7 Å². The van der Waals surface area contributed by atoms with Crippen LogP contribution < -0.4 is 0 Å². The molecule has 1 aromatic carbocycles. The zero-order valence-corrected chi connectivity index (χ0v) is 13.3. The van der Waals surface area contributed by atoms with E-state index in [1.165, 1.54) is 0 Å². The first kappa shape index (κ1) is 17.9. The Bertz CT molecular complexity index is 548. The van der Waals surface area contributed by atoms with Crippen LogP contribution in [0, 0.1) is 0 Å². The van der Waals surface area contributed by atoms with Crippen molar-refractivity contribution >= 4 is 17.9 Å². The van der Waals surface area contributed by atoms with Gasteiger partial charge in [-0.15, -0.1) is 0 Å². The molecule has 5 heteroatoms. The minimum absolute atomic E-state index is 0.0776. The number of esters is 3. The number of rotatable bonds is 7. The molecular formula is C17H22O5. The lowest BCUT2D eigenvalue weighted by Gasteiger charge is -2.10. The van der Waals surface area contributed by atoms with E-state index in [1.54, 1.807) is 25.1 Å². The van der Waals surface area contributed by atoms with Gasteiger partial charge in [0.1, 0.15) is 0 Å². The number of carbonyl (C=O) groups excluding carboxylic acids is 3. The highest BCUT2D eigenvalue weighted by molar-refractivity contribution is 6.06. The molecule has 1 aromatic rings. The van der Waals surface area contributed by atoms with Crippen LogP contribution in [0.3, 0.4) is 0 Å². The second kappa shape index (κ2) is 8.97. The van der Waals surface area contributed by atoms with Crippen LogP contribution in [0.5, 0.6) is 0 Å². The fourth-order valence-corrected chi connectivity index (χ4v) is 2.00. The molecule has 0 atom stereocenters. The van der Waals surface area contributed by atoms with Crippen molar-refractivity contribution in [2.24, 2.45) is 0 Å². The normalized spacial score (nSPS) is 10.1. The average Bonchev–Trinajstić information content (AvgIpc) is 2.47. The fraction of sp³-hybridized carbons (Fsp3) is 0.471. The summed E-state index contributed by atoms with van der Waals surface area (Å²) in [4.78, 5) is 35.6. The van der Waals surface area contributed by atoms with Crippen molar-refractivity contribution in [3.05, 3.63) is 34.9 Å². The van der Waals surface area contributed by atoms with Crippen LogP contribution in [0.25, 0.3) is 0 Å². The maximum absolute atomic E-state index is 12.2. The molecule has 0 bridgehead atoms. The number of hydrogen-bond donors (Lipinski definition) is 0. The zero-order valence-electron chi connectivity index (χ0n) is 13.3. The fourth-order valence-electron chi connectivity index (χ4n) is 2.00. The summed E-state index contributed by atoms with van der Waals surface area (Å²) in [5.74, 6) is -2.00. The lowest BCUT2D eigenvalue weighted by molar-refractivity contribution is -0.138. The largest absolute Gasteiger partial charge is 0.462 e. The Balaban J connectivity index is 3.10. The molecule has 0 radical (unpaired) electrons. The Morgan fingerprint density at radius 1 is 0.955 bits per heavy atom. The average molecular weight is 306 g/mol. The third kappa shape index (κ3) is 4.98. The van der Waals surface area contributed by atoms with Crippen molar-refractivity contribution in [2.45, 2.75) is 46.5 Å². The molecule has 0 aliphatic heterocycles. The maximum Gasteiger partial charge on any atom is 0.346 e. The van der Waals surface area contributed by atoms with E-state index in [0.29, 0.717) is 6.42 Å². The smallest absolute Gasteiger partial charge is 0.346 e. The first-order valence-corrected chi connectivity index (χ1v) is 7.58. The molecule has 0 N–H and O–H groups in total. The van der Waals surface area contributed by atoms with Gasteiger partial charge in [-0.3, -0.25) is 4.79 Å². The molecule has 0 heterocycles. The molecule has 0 unspecified atom stereocenters.